The van der Waals surface area contributed by atoms with E-state index in [4.69, 9.17) is 16.3 Å². The number of carbonyl (C=O) groups is 1. The smallest absolute Gasteiger partial charge is 0.261 e. The van der Waals surface area contributed by atoms with Crippen molar-refractivity contribution < 1.29 is 9.53 Å². The van der Waals surface area contributed by atoms with Gasteiger partial charge in [-0.05, 0) is 36.4 Å². The van der Waals surface area contributed by atoms with Crippen molar-refractivity contribution in [1.82, 2.24) is 14.4 Å². The molecule has 2 aliphatic rings. The molecule has 2 aromatic carbocycles. The molecule has 1 aromatic heterocycles. The van der Waals surface area contributed by atoms with Gasteiger partial charge in [0.2, 0.25) is 5.43 Å². The molecule has 0 saturated carbocycles. The second kappa shape index (κ2) is 9.17. The third kappa shape index (κ3) is 4.36. The molecule has 3 aromatic rings. The van der Waals surface area contributed by atoms with E-state index in [1.807, 2.05) is 28.8 Å². The number of anilines is 1. The van der Waals surface area contributed by atoms with Crippen LogP contribution in [0.25, 0.3) is 10.9 Å². The average Bonchev–Trinajstić information content (AvgIpc) is 2.84. The van der Waals surface area contributed by atoms with Gasteiger partial charge in [0.25, 0.3) is 5.91 Å². The molecule has 5 rings (SSSR count). The summed E-state index contributed by atoms with van der Waals surface area (Å²) in [4.78, 5) is 31.0. The number of likely N-dealkylation sites (N-methyl/N-ethyl adjacent to an activating group) is 1. The molecule has 8 heteroatoms. The van der Waals surface area contributed by atoms with Gasteiger partial charge in [-0.3, -0.25) is 14.5 Å². The summed E-state index contributed by atoms with van der Waals surface area (Å²) in [7, 11) is 0. The van der Waals surface area contributed by atoms with Crippen molar-refractivity contribution in [2.45, 2.75) is 20.0 Å². The molecule has 1 amide bonds. The third-order valence-electron chi connectivity index (χ3n) is 6.50. The van der Waals surface area contributed by atoms with E-state index in [1.54, 1.807) is 18.3 Å². The lowest BCUT2D eigenvalue weighted by Crippen LogP contribution is -2.45. The molecule has 0 radical (unpaired) electrons. The van der Waals surface area contributed by atoms with Crippen LogP contribution in [-0.4, -0.2) is 59.6 Å². The minimum Gasteiger partial charge on any atom is -0.490 e. The highest BCUT2D eigenvalue weighted by atomic mass is 35.5. The molecule has 33 heavy (non-hydrogen) atoms. The van der Waals surface area contributed by atoms with Crippen LogP contribution < -0.4 is 15.5 Å². The van der Waals surface area contributed by atoms with Gasteiger partial charge in [0.15, 0.2) is 0 Å². The van der Waals surface area contributed by atoms with E-state index >= 15 is 0 Å². The number of piperazine rings is 1. The number of nitrogens with zero attached hydrogens (tertiary/aromatic N) is 3. The highest BCUT2D eigenvalue weighted by Crippen LogP contribution is 2.32. The number of aromatic nitrogens is 1. The van der Waals surface area contributed by atoms with Crippen molar-refractivity contribution in [2.75, 3.05) is 44.6 Å². The second-order valence-electron chi connectivity index (χ2n) is 8.54. The van der Waals surface area contributed by atoms with Gasteiger partial charge >= 0.3 is 0 Å². The summed E-state index contributed by atoms with van der Waals surface area (Å²) in [6.07, 6.45) is 1.60. The Kier molecular flexibility index (Phi) is 6.10. The Balaban J connectivity index is 1.33. The number of carbonyl (C=O) groups excluding carboxylic acids is 1. The Bertz CT molecular complexity index is 1250. The lowest BCUT2D eigenvalue weighted by atomic mass is 10.1. The molecule has 1 fully saturated rings. The van der Waals surface area contributed by atoms with Gasteiger partial charge < -0.3 is 19.5 Å². The van der Waals surface area contributed by atoms with Crippen LogP contribution in [0.15, 0.2) is 47.4 Å². The number of benzene rings is 2. The van der Waals surface area contributed by atoms with Gasteiger partial charge in [-0.1, -0.05) is 30.7 Å². The maximum Gasteiger partial charge on any atom is 0.261 e. The molecule has 2 aliphatic heterocycles. The molecule has 0 spiro atoms. The van der Waals surface area contributed by atoms with Gasteiger partial charge in [0.1, 0.15) is 17.9 Å². The van der Waals surface area contributed by atoms with Gasteiger partial charge in [-0.15, -0.1) is 0 Å². The minimum absolute atomic E-state index is 0.0707. The minimum atomic E-state index is -0.443. The highest BCUT2D eigenvalue weighted by Gasteiger charge is 2.22. The zero-order valence-electron chi connectivity index (χ0n) is 18.6. The van der Waals surface area contributed by atoms with E-state index in [0.717, 1.165) is 39.3 Å². The predicted octanol–water partition coefficient (Wildman–Crippen LogP) is 3.44. The lowest BCUT2D eigenvalue weighted by Gasteiger charge is -2.34. The number of ether oxygens (including phenoxy) is 1. The van der Waals surface area contributed by atoms with Gasteiger partial charge in [-0.25, -0.2) is 0 Å². The van der Waals surface area contributed by atoms with Crippen molar-refractivity contribution in [3.8, 4) is 5.75 Å². The topological polar surface area (TPSA) is 66.8 Å². The summed E-state index contributed by atoms with van der Waals surface area (Å²) < 4.78 is 7.53. The van der Waals surface area contributed by atoms with E-state index in [0.29, 0.717) is 40.5 Å². The van der Waals surface area contributed by atoms with Gasteiger partial charge in [-0.2, -0.15) is 0 Å². The summed E-state index contributed by atoms with van der Waals surface area (Å²) in [5, 5.41) is 3.50. The molecule has 1 saturated heterocycles. The molecule has 7 nitrogen and oxygen atoms in total. The molecular formula is C25H27ClN4O3. The van der Waals surface area contributed by atoms with Gasteiger partial charge in [0.05, 0.1) is 22.5 Å². The molecule has 172 valence electrons. The van der Waals surface area contributed by atoms with Crippen molar-refractivity contribution in [1.29, 1.82) is 0 Å². The molecule has 0 unspecified atom stereocenters. The number of hydrogen-bond donors (Lipinski definition) is 1. The Labute approximate surface area is 197 Å². The largest absolute Gasteiger partial charge is 0.490 e. The number of nitrogens with one attached hydrogen (secondary N) is 1. The number of hydrogen-bond acceptors (Lipinski definition) is 5. The number of rotatable bonds is 5. The van der Waals surface area contributed by atoms with E-state index < -0.39 is 5.91 Å². The summed E-state index contributed by atoms with van der Waals surface area (Å²) >= 11 is 6.33. The van der Waals surface area contributed by atoms with Crippen molar-refractivity contribution >= 4 is 34.1 Å². The first-order valence-electron chi connectivity index (χ1n) is 11.4. The van der Waals surface area contributed by atoms with Crippen LogP contribution in [0.3, 0.4) is 0 Å². The predicted molar refractivity (Wildman–Crippen MR) is 130 cm³/mol. The standard InChI is InChI=1S/C25H27ClN4O3/c1-2-28-9-11-29(12-10-28)15-17-3-5-18(6-4-17)27-25(32)19-16-30-13-14-33-21-8-7-20(26)22(23(21)30)24(19)31/h3-8,16H,2,9-15H2,1H3,(H,27,32). The van der Waals surface area contributed by atoms with E-state index in [1.165, 1.54) is 5.56 Å². The fraction of sp³-hybridized carbons (Fsp3) is 0.360. The summed E-state index contributed by atoms with van der Waals surface area (Å²) in [5.74, 6) is 0.165. The molecule has 3 heterocycles. The molecule has 0 bridgehead atoms. The van der Waals surface area contributed by atoms with Crippen LogP contribution in [0.1, 0.15) is 22.8 Å². The van der Waals surface area contributed by atoms with E-state index in [-0.39, 0.29) is 11.0 Å². The maximum atomic E-state index is 13.1. The zero-order valence-corrected chi connectivity index (χ0v) is 19.4. The van der Waals surface area contributed by atoms with Crippen molar-refractivity contribution in [2.24, 2.45) is 0 Å². The van der Waals surface area contributed by atoms with E-state index in [9.17, 15) is 9.59 Å². The summed E-state index contributed by atoms with van der Waals surface area (Å²) in [6, 6.07) is 11.2. The van der Waals surface area contributed by atoms with Crippen LogP contribution >= 0.6 is 11.6 Å². The number of pyridine rings is 1. The molecular weight excluding hydrogens is 440 g/mol. The van der Waals surface area contributed by atoms with Gasteiger partial charge in [0, 0.05) is 44.6 Å². The molecule has 0 aliphatic carbocycles. The average molecular weight is 467 g/mol. The third-order valence-corrected chi connectivity index (χ3v) is 6.81. The second-order valence-corrected chi connectivity index (χ2v) is 8.95. The SMILES string of the molecule is CCN1CCN(Cc2ccc(NC(=O)c3cn4c5c(ccc(Cl)c5c3=O)OCC4)cc2)CC1. The fourth-order valence-corrected chi connectivity index (χ4v) is 4.82. The fourth-order valence-electron chi connectivity index (χ4n) is 4.58. The Hall–Kier alpha value is -2.87. The zero-order chi connectivity index (χ0) is 22.9. The van der Waals surface area contributed by atoms with E-state index in [2.05, 4.69) is 22.0 Å². The quantitative estimate of drug-likeness (QED) is 0.624. The monoisotopic (exact) mass is 466 g/mol. The maximum absolute atomic E-state index is 13.1. The Morgan fingerprint density at radius 3 is 2.48 bits per heavy atom. The lowest BCUT2D eigenvalue weighted by molar-refractivity contribution is 0.102. The Morgan fingerprint density at radius 2 is 1.76 bits per heavy atom. The van der Waals surface area contributed by atoms with Crippen LogP contribution in [0.5, 0.6) is 5.75 Å². The number of amides is 1. The molecule has 1 N–H and O–H groups in total. The highest BCUT2D eigenvalue weighted by molar-refractivity contribution is 6.35. The van der Waals surface area contributed by atoms with Crippen LogP contribution in [0.2, 0.25) is 5.02 Å². The van der Waals surface area contributed by atoms with Crippen molar-refractivity contribution in [3.63, 3.8) is 0 Å². The molecule has 0 atom stereocenters. The Morgan fingerprint density at radius 1 is 1.03 bits per heavy atom. The normalized spacial score (nSPS) is 16.5. The summed E-state index contributed by atoms with van der Waals surface area (Å²) in [6.45, 7) is 9.55. The van der Waals surface area contributed by atoms with Crippen LogP contribution in [-0.2, 0) is 13.1 Å². The first-order valence-corrected chi connectivity index (χ1v) is 11.7. The first-order chi connectivity index (χ1) is 16.0. The van der Waals surface area contributed by atoms with Crippen LogP contribution in [0.4, 0.5) is 5.69 Å². The summed E-state index contributed by atoms with van der Waals surface area (Å²) in [5.41, 5.74) is 2.17. The number of halogens is 1. The van der Waals surface area contributed by atoms with Crippen LogP contribution in [0, 0.1) is 0 Å². The first kappa shape index (κ1) is 21.9. The van der Waals surface area contributed by atoms with Crippen molar-refractivity contribution in [3.05, 3.63) is 69.0 Å².